The Kier molecular flexibility index (Phi) is 7.98. The lowest BCUT2D eigenvalue weighted by atomic mass is 9.99. The van der Waals surface area contributed by atoms with E-state index in [4.69, 9.17) is 33.3 Å². The van der Waals surface area contributed by atoms with Crippen molar-refractivity contribution in [2.24, 2.45) is 0 Å². The molecule has 176 valence electrons. The second kappa shape index (κ2) is 11.3. The van der Waals surface area contributed by atoms with Gasteiger partial charge in [-0.05, 0) is 55.0 Å². The van der Waals surface area contributed by atoms with Gasteiger partial charge in [0.2, 0.25) is 6.29 Å². The predicted molar refractivity (Wildman–Crippen MR) is 138 cm³/mol. The number of hydrogen-bond acceptors (Lipinski definition) is 6. The Morgan fingerprint density at radius 1 is 1.18 bits per heavy atom. The number of carbonyl (C=O) groups excluding carboxylic acids is 1. The summed E-state index contributed by atoms with van der Waals surface area (Å²) < 4.78 is 12.5. The van der Waals surface area contributed by atoms with Crippen molar-refractivity contribution in [2.75, 3.05) is 11.9 Å². The minimum absolute atomic E-state index is 0.214. The Labute approximate surface area is 209 Å². The predicted octanol–water partition coefficient (Wildman–Crippen LogP) is 5.98. The van der Waals surface area contributed by atoms with E-state index in [2.05, 4.69) is 22.5 Å². The Morgan fingerprint density at radius 2 is 1.94 bits per heavy atom. The van der Waals surface area contributed by atoms with Gasteiger partial charge >= 0.3 is 0 Å². The van der Waals surface area contributed by atoms with E-state index in [1.54, 1.807) is 36.7 Å². The number of fused-ring (bicyclic) bond motifs is 1. The number of anilines is 1. The summed E-state index contributed by atoms with van der Waals surface area (Å²) >= 11 is 11.6. The molecule has 1 aliphatic rings. The molecule has 0 aliphatic carbocycles. The van der Waals surface area contributed by atoms with E-state index in [1.807, 2.05) is 30.3 Å². The van der Waals surface area contributed by atoms with Crippen LogP contribution in [0.1, 0.15) is 48.0 Å². The van der Waals surface area contributed by atoms with Gasteiger partial charge in [-0.15, -0.1) is 0 Å². The van der Waals surface area contributed by atoms with Crippen molar-refractivity contribution in [2.45, 2.75) is 38.4 Å². The maximum Gasteiger partial charge on any atom is 0.256 e. The van der Waals surface area contributed by atoms with Crippen LogP contribution in [0.15, 0.2) is 67.0 Å². The number of pyridine rings is 1. The smallest absolute Gasteiger partial charge is 0.256 e. The largest absolute Gasteiger partial charge is 0.455 e. The molecule has 2 heterocycles. The second-order valence-electron chi connectivity index (χ2n) is 7.97. The topological polar surface area (TPSA) is 72.5 Å². The van der Waals surface area contributed by atoms with Gasteiger partial charge in [-0.2, -0.15) is 0 Å². The minimum atomic E-state index is -0.478. The molecule has 4 rings (SSSR count). The van der Waals surface area contributed by atoms with Crippen molar-refractivity contribution in [1.82, 2.24) is 10.3 Å². The molecule has 6 nitrogen and oxygen atoms in total. The molecule has 1 amide bonds. The van der Waals surface area contributed by atoms with Crippen LogP contribution in [-0.2, 0) is 0 Å². The zero-order chi connectivity index (χ0) is 23.9. The fraction of sp³-hybridized carbons (Fsp3) is 0.269. The first-order valence-corrected chi connectivity index (χ1v) is 12.0. The molecule has 3 aromatic rings. The number of benzene rings is 2. The number of amides is 1. The lowest BCUT2D eigenvalue weighted by molar-refractivity contribution is -0.00272. The lowest BCUT2D eigenvalue weighted by Gasteiger charge is -2.23. The number of rotatable bonds is 9. The Hall–Kier alpha value is -3.16. The third-order valence-electron chi connectivity index (χ3n) is 5.54. The molecular formula is C26H26ClN3O3S. The van der Waals surface area contributed by atoms with Crippen LogP contribution >= 0.6 is 23.8 Å². The van der Waals surface area contributed by atoms with Crippen molar-refractivity contribution in [3.63, 3.8) is 0 Å². The van der Waals surface area contributed by atoms with Crippen LogP contribution in [0.25, 0.3) is 0 Å². The van der Waals surface area contributed by atoms with Gasteiger partial charge in [-0.1, -0.05) is 43.2 Å². The van der Waals surface area contributed by atoms with Crippen molar-refractivity contribution < 1.29 is 14.3 Å². The van der Waals surface area contributed by atoms with E-state index in [1.165, 1.54) is 0 Å². The zero-order valence-electron chi connectivity index (χ0n) is 18.8. The van der Waals surface area contributed by atoms with Crippen molar-refractivity contribution in [3.8, 4) is 11.5 Å². The molecule has 0 radical (unpaired) electrons. The van der Waals surface area contributed by atoms with Crippen LogP contribution in [0.4, 0.5) is 5.69 Å². The highest BCUT2D eigenvalue weighted by atomic mass is 35.5. The summed E-state index contributed by atoms with van der Waals surface area (Å²) in [7, 11) is 0. The van der Waals surface area contributed by atoms with Crippen LogP contribution in [-0.4, -0.2) is 28.7 Å². The lowest BCUT2D eigenvalue weighted by Crippen LogP contribution is -2.34. The Bertz CT molecular complexity index is 1140. The summed E-state index contributed by atoms with van der Waals surface area (Å²) in [5.74, 6) is 0.899. The van der Waals surface area contributed by atoms with E-state index >= 15 is 0 Å². The summed E-state index contributed by atoms with van der Waals surface area (Å²) in [5.41, 5.74) is 2.36. The van der Waals surface area contributed by atoms with Crippen molar-refractivity contribution in [3.05, 3.63) is 83.1 Å². The first kappa shape index (κ1) is 24.0. The fourth-order valence-corrected chi connectivity index (χ4v) is 4.21. The number of ether oxygens (including phenoxy) is 2. The summed E-state index contributed by atoms with van der Waals surface area (Å²) in [4.78, 5) is 17.0. The maximum atomic E-state index is 12.6. The van der Waals surface area contributed by atoms with E-state index in [9.17, 15) is 4.79 Å². The van der Waals surface area contributed by atoms with Gasteiger partial charge in [-0.3, -0.25) is 9.78 Å². The number of nitrogens with one attached hydrogen (secondary N) is 2. The molecule has 1 aromatic heterocycles. The molecule has 2 atom stereocenters. The van der Waals surface area contributed by atoms with Crippen LogP contribution in [0.2, 0.25) is 5.02 Å². The van der Waals surface area contributed by atoms with Gasteiger partial charge in [0.05, 0.1) is 10.9 Å². The monoisotopic (exact) mass is 495 g/mol. The number of unbranched alkanes of at least 4 members (excludes halogenated alkanes) is 1. The third kappa shape index (κ3) is 5.85. The average Bonchev–Trinajstić information content (AvgIpc) is 3.30. The van der Waals surface area contributed by atoms with E-state index < -0.39 is 6.29 Å². The first-order chi connectivity index (χ1) is 16.5. The molecular weight excluding hydrogens is 470 g/mol. The maximum absolute atomic E-state index is 12.6. The van der Waals surface area contributed by atoms with E-state index in [0.717, 1.165) is 30.5 Å². The van der Waals surface area contributed by atoms with Gasteiger partial charge in [0.25, 0.3) is 5.91 Å². The Balaban J connectivity index is 1.53. The normalized spacial score (nSPS) is 15.1. The molecule has 2 aromatic carbocycles. The molecule has 0 bridgehead atoms. The van der Waals surface area contributed by atoms with E-state index in [0.29, 0.717) is 33.6 Å². The molecule has 8 heteroatoms. The number of thiocarbonyl (C=S) groups is 1. The first-order valence-electron chi connectivity index (χ1n) is 11.3. The van der Waals surface area contributed by atoms with Crippen molar-refractivity contribution >= 4 is 40.4 Å². The molecule has 0 saturated heterocycles. The SMILES string of the molecule is CCCCC(Oc1ccc(Cl)cc1)Oc1cccc2c1C(C(=S)NC(=O)c1ccncc1)CN2. The molecule has 2 N–H and O–H groups in total. The minimum Gasteiger partial charge on any atom is -0.455 e. The number of hydrogen-bond donors (Lipinski definition) is 2. The van der Waals surface area contributed by atoms with Gasteiger partial charge in [0, 0.05) is 47.2 Å². The molecule has 2 unspecified atom stereocenters. The molecule has 0 spiro atoms. The number of halogens is 1. The van der Waals surface area contributed by atoms with Crippen LogP contribution in [0.5, 0.6) is 11.5 Å². The average molecular weight is 496 g/mol. The zero-order valence-corrected chi connectivity index (χ0v) is 20.4. The van der Waals surface area contributed by atoms with Gasteiger partial charge in [0.1, 0.15) is 11.5 Å². The summed E-state index contributed by atoms with van der Waals surface area (Å²) in [6.07, 6.45) is 5.38. The highest BCUT2D eigenvalue weighted by molar-refractivity contribution is 7.80. The summed E-state index contributed by atoms with van der Waals surface area (Å²) in [6, 6.07) is 16.4. The standard InChI is InChI=1S/C26H26ClN3O3S/c1-2-3-7-23(32-19-10-8-18(27)9-11-19)33-22-6-4-5-21-24(22)20(16-29-21)26(34)30-25(31)17-12-14-28-15-13-17/h4-6,8-15,20,23,29H,2-3,7,16H2,1H3,(H,30,31,34). The highest BCUT2D eigenvalue weighted by Crippen LogP contribution is 2.40. The van der Waals surface area contributed by atoms with Gasteiger partial charge in [-0.25, -0.2) is 0 Å². The van der Waals surface area contributed by atoms with Crippen LogP contribution in [0.3, 0.4) is 0 Å². The van der Waals surface area contributed by atoms with Gasteiger partial charge in [0.15, 0.2) is 0 Å². The van der Waals surface area contributed by atoms with Crippen molar-refractivity contribution in [1.29, 1.82) is 0 Å². The molecule has 0 saturated carbocycles. The quantitative estimate of drug-likeness (QED) is 0.281. The molecule has 34 heavy (non-hydrogen) atoms. The molecule has 1 aliphatic heterocycles. The number of aromatic nitrogens is 1. The third-order valence-corrected chi connectivity index (χ3v) is 6.18. The second-order valence-corrected chi connectivity index (χ2v) is 8.84. The molecule has 0 fully saturated rings. The number of nitrogens with zero attached hydrogens (tertiary/aromatic N) is 1. The van der Waals surface area contributed by atoms with Crippen LogP contribution in [0, 0.1) is 0 Å². The highest BCUT2D eigenvalue weighted by Gasteiger charge is 2.31. The summed E-state index contributed by atoms with van der Waals surface area (Å²) in [6.45, 7) is 2.70. The van der Waals surface area contributed by atoms with Crippen LogP contribution < -0.4 is 20.1 Å². The van der Waals surface area contributed by atoms with Gasteiger partial charge < -0.3 is 20.1 Å². The fourth-order valence-electron chi connectivity index (χ4n) is 3.79. The van der Waals surface area contributed by atoms with E-state index in [-0.39, 0.29) is 11.8 Å². The number of carbonyl (C=O) groups is 1. The summed E-state index contributed by atoms with van der Waals surface area (Å²) in [5, 5.41) is 6.89. The Morgan fingerprint density at radius 3 is 2.68 bits per heavy atom.